The summed E-state index contributed by atoms with van der Waals surface area (Å²) in [6.45, 7) is 2.18. The molecule has 3 rings (SSSR count). The maximum Gasteiger partial charge on any atom is 0.101 e. The van der Waals surface area contributed by atoms with Crippen LogP contribution >= 0.6 is 0 Å². The predicted molar refractivity (Wildman–Crippen MR) is 61.4 cm³/mol. The summed E-state index contributed by atoms with van der Waals surface area (Å²) in [5.41, 5.74) is 3.14. The minimum absolute atomic E-state index is 0.621. The number of hydrogen-bond donors (Lipinski definition) is 1. The van der Waals surface area contributed by atoms with Gasteiger partial charge in [0.25, 0.3) is 0 Å². The second kappa shape index (κ2) is 3.73. The van der Waals surface area contributed by atoms with Gasteiger partial charge >= 0.3 is 0 Å². The Morgan fingerprint density at radius 3 is 3.19 bits per heavy atom. The first-order valence-corrected chi connectivity index (χ1v) is 5.65. The van der Waals surface area contributed by atoms with Gasteiger partial charge in [0, 0.05) is 24.9 Å². The van der Waals surface area contributed by atoms with Gasteiger partial charge in [-0.2, -0.15) is 5.26 Å². The first-order chi connectivity index (χ1) is 7.88. The molecule has 2 aliphatic rings. The molecular formula is C13H13N3. The number of fused-ring (bicyclic) bond motifs is 1. The van der Waals surface area contributed by atoms with Gasteiger partial charge in [-0.05, 0) is 36.1 Å². The number of nitrogens with zero attached hydrogens (tertiary/aromatic N) is 2. The summed E-state index contributed by atoms with van der Waals surface area (Å²) < 4.78 is 0. The third-order valence-electron chi connectivity index (χ3n) is 3.58. The molecular weight excluding hydrogens is 198 g/mol. The van der Waals surface area contributed by atoms with Crippen molar-refractivity contribution in [1.29, 1.82) is 5.26 Å². The number of nitriles is 1. The molecule has 1 aromatic rings. The number of rotatable bonds is 1. The van der Waals surface area contributed by atoms with Crippen molar-refractivity contribution in [2.45, 2.75) is 6.42 Å². The Kier molecular flexibility index (Phi) is 2.23. The molecule has 1 aliphatic heterocycles. The van der Waals surface area contributed by atoms with E-state index in [2.05, 4.69) is 22.4 Å². The smallest absolute Gasteiger partial charge is 0.101 e. The lowest BCUT2D eigenvalue weighted by Gasteiger charge is -2.13. The lowest BCUT2D eigenvalue weighted by atomic mass is 9.91. The third-order valence-corrected chi connectivity index (χ3v) is 3.58. The number of nitrogens with one attached hydrogen (secondary N) is 1. The molecule has 0 spiro atoms. The van der Waals surface area contributed by atoms with E-state index in [1.165, 1.54) is 5.57 Å². The van der Waals surface area contributed by atoms with E-state index in [0.29, 0.717) is 11.5 Å². The van der Waals surface area contributed by atoms with Gasteiger partial charge in [-0.3, -0.25) is 4.98 Å². The standard InChI is InChI=1S/C13H13N3/c14-4-9-3-11(7-15-5-9)12-2-1-10-6-16-8-13(10)12/h2-3,5,7,10,13,16H,1,6,8H2/t10-,13+/m1/s1. The molecule has 2 atom stereocenters. The van der Waals surface area contributed by atoms with Crippen LogP contribution in [-0.4, -0.2) is 18.1 Å². The highest BCUT2D eigenvalue weighted by Gasteiger charge is 2.34. The lowest BCUT2D eigenvalue weighted by Crippen LogP contribution is -2.10. The summed E-state index contributed by atoms with van der Waals surface area (Å²) >= 11 is 0. The summed E-state index contributed by atoms with van der Waals surface area (Å²) in [7, 11) is 0. The van der Waals surface area contributed by atoms with Gasteiger partial charge in [0.15, 0.2) is 0 Å². The van der Waals surface area contributed by atoms with Gasteiger partial charge in [0.2, 0.25) is 0 Å². The van der Waals surface area contributed by atoms with E-state index in [1.54, 1.807) is 6.20 Å². The third kappa shape index (κ3) is 1.43. The van der Waals surface area contributed by atoms with Crippen LogP contribution in [0.4, 0.5) is 0 Å². The van der Waals surface area contributed by atoms with Crippen molar-refractivity contribution < 1.29 is 0 Å². The predicted octanol–water partition coefficient (Wildman–Crippen LogP) is 1.58. The molecule has 1 fully saturated rings. The van der Waals surface area contributed by atoms with Crippen LogP contribution in [0.15, 0.2) is 24.5 Å². The highest BCUT2D eigenvalue weighted by molar-refractivity contribution is 5.70. The fourth-order valence-electron chi connectivity index (χ4n) is 2.77. The summed E-state index contributed by atoms with van der Waals surface area (Å²) in [6, 6.07) is 4.09. The maximum absolute atomic E-state index is 8.87. The van der Waals surface area contributed by atoms with Crippen LogP contribution in [0.3, 0.4) is 0 Å². The van der Waals surface area contributed by atoms with Gasteiger partial charge in [-0.15, -0.1) is 0 Å². The molecule has 2 heterocycles. The normalized spacial score (nSPS) is 27.3. The Morgan fingerprint density at radius 1 is 1.38 bits per heavy atom. The molecule has 0 aromatic carbocycles. The van der Waals surface area contributed by atoms with Crippen LogP contribution in [0.5, 0.6) is 0 Å². The van der Waals surface area contributed by atoms with Crippen LogP contribution in [0.25, 0.3) is 5.57 Å². The van der Waals surface area contributed by atoms with E-state index in [0.717, 1.165) is 31.0 Å². The van der Waals surface area contributed by atoms with Crippen molar-refractivity contribution in [1.82, 2.24) is 10.3 Å². The fourth-order valence-corrected chi connectivity index (χ4v) is 2.77. The molecule has 1 aromatic heterocycles. The molecule has 3 nitrogen and oxygen atoms in total. The summed E-state index contributed by atoms with van der Waals surface area (Å²) in [5, 5.41) is 12.3. The fraction of sp³-hybridized carbons (Fsp3) is 0.385. The monoisotopic (exact) mass is 211 g/mol. The Bertz CT molecular complexity index is 484. The van der Waals surface area contributed by atoms with E-state index in [9.17, 15) is 0 Å². The number of aromatic nitrogens is 1. The zero-order chi connectivity index (χ0) is 11.0. The Balaban J connectivity index is 1.95. The molecule has 0 saturated carbocycles. The van der Waals surface area contributed by atoms with Crippen LogP contribution in [0, 0.1) is 23.2 Å². The van der Waals surface area contributed by atoms with Crippen LogP contribution < -0.4 is 5.32 Å². The molecule has 3 heteroatoms. The van der Waals surface area contributed by atoms with Gasteiger partial charge < -0.3 is 5.32 Å². The molecule has 0 amide bonds. The first kappa shape index (κ1) is 9.56. The Labute approximate surface area is 94.8 Å². The average Bonchev–Trinajstić information content (AvgIpc) is 2.90. The van der Waals surface area contributed by atoms with Crippen molar-refractivity contribution >= 4 is 5.57 Å². The van der Waals surface area contributed by atoms with E-state index >= 15 is 0 Å². The lowest BCUT2D eigenvalue weighted by molar-refractivity contribution is 0.542. The van der Waals surface area contributed by atoms with Crippen molar-refractivity contribution in [3.05, 3.63) is 35.7 Å². The van der Waals surface area contributed by atoms with Crippen LogP contribution in [-0.2, 0) is 0 Å². The maximum atomic E-state index is 8.87. The first-order valence-electron chi connectivity index (χ1n) is 5.65. The summed E-state index contributed by atoms with van der Waals surface area (Å²) in [6.07, 6.45) is 6.95. The van der Waals surface area contributed by atoms with Crippen molar-refractivity contribution in [3.8, 4) is 6.07 Å². The highest BCUT2D eigenvalue weighted by atomic mass is 14.9. The van der Waals surface area contributed by atoms with Gasteiger partial charge in [-0.25, -0.2) is 0 Å². The van der Waals surface area contributed by atoms with Gasteiger partial charge in [-0.1, -0.05) is 6.08 Å². The number of allylic oxidation sites excluding steroid dienone is 1. The molecule has 1 aliphatic carbocycles. The largest absolute Gasteiger partial charge is 0.316 e. The quantitative estimate of drug-likeness (QED) is 0.767. The second-order valence-electron chi connectivity index (χ2n) is 4.49. The molecule has 1 N–H and O–H groups in total. The topological polar surface area (TPSA) is 48.7 Å². The Hall–Kier alpha value is -1.66. The van der Waals surface area contributed by atoms with Gasteiger partial charge in [0.05, 0.1) is 5.56 Å². The molecule has 1 saturated heterocycles. The van der Waals surface area contributed by atoms with Crippen molar-refractivity contribution in [3.63, 3.8) is 0 Å². The molecule has 16 heavy (non-hydrogen) atoms. The van der Waals surface area contributed by atoms with E-state index < -0.39 is 0 Å². The van der Waals surface area contributed by atoms with Crippen LogP contribution in [0.1, 0.15) is 17.5 Å². The minimum atomic E-state index is 0.621. The zero-order valence-corrected chi connectivity index (χ0v) is 8.98. The van der Waals surface area contributed by atoms with E-state index in [-0.39, 0.29) is 0 Å². The molecule has 80 valence electrons. The minimum Gasteiger partial charge on any atom is -0.316 e. The van der Waals surface area contributed by atoms with Crippen molar-refractivity contribution in [2.75, 3.05) is 13.1 Å². The van der Waals surface area contributed by atoms with Gasteiger partial charge in [0.1, 0.15) is 6.07 Å². The molecule has 0 bridgehead atoms. The summed E-state index contributed by atoms with van der Waals surface area (Å²) in [5.74, 6) is 1.37. The SMILES string of the molecule is N#Cc1cncc(C2=CC[C@@H]3CNC[C@H]23)c1. The van der Waals surface area contributed by atoms with Crippen molar-refractivity contribution in [2.24, 2.45) is 11.8 Å². The molecule has 0 unspecified atom stereocenters. The van der Waals surface area contributed by atoms with E-state index in [4.69, 9.17) is 5.26 Å². The summed E-state index contributed by atoms with van der Waals surface area (Å²) in [4.78, 5) is 4.13. The number of pyridine rings is 1. The van der Waals surface area contributed by atoms with Crippen LogP contribution in [0.2, 0.25) is 0 Å². The molecule has 0 radical (unpaired) electrons. The average molecular weight is 211 g/mol. The second-order valence-corrected chi connectivity index (χ2v) is 4.49. The number of hydrogen-bond acceptors (Lipinski definition) is 3. The Morgan fingerprint density at radius 2 is 2.31 bits per heavy atom. The zero-order valence-electron chi connectivity index (χ0n) is 8.98. The highest BCUT2D eigenvalue weighted by Crippen LogP contribution is 2.39. The van der Waals surface area contributed by atoms with E-state index in [1.807, 2.05) is 12.3 Å².